The molecule has 1 heterocycles. The highest BCUT2D eigenvalue weighted by Crippen LogP contribution is 2.26. The Hall–Kier alpha value is -2.40. The average molecular weight is 293 g/mol. The molecular formula is C12H11N3O4S. The molecule has 0 saturated heterocycles. The Morgan fingerprint density at radius 3 is 2.85 bits per heavy atom. The maximum atomic E-state index is 11.9. The summed E-state index contributed by atoms with van der Waals surface area (Å²) in [6.07, 6.45) is 0. The number of nitrogens with zero attached hydrogens (tertiary/aromatic N) is 3. The predicted molar refractivity (Wildman–Crippen MR) is 69.4 cm³/mol. The first kappa shape index (κ1) is 14.0. The molecule has 0 N–H and O–H groups in total. The number of carbonyl (C=O) groups excluding carboxylic acids is 1. The van der Waals surface area contributed by atoms with Crippen LogP contribution in [0.1, 0.15) is 5.56 Å². The highest BCUT2D eigenvalue weighted by atomic mass is 32.2. The van der Waals surface area contributed by atoms with Crippen molar-refractivity contribution >= 4 is 21.8 Å². The van der Waals surface area contributed by atoms with Crippen LogP contribution in [0.25, 0.3) is 0 Å². The average Bonchev–Trinajstić information content (AvgIpc) is 2.69. The molecule has 0 unspecified atom stereocenters. The Labute approximate surface area is 116 Å². The van der Waals surface area contributed by atoms with E-state index in [2.05, 4.69) is 9.13 Å². The van der Waals surface area contributed by atoms with Crippen molar-refractivity contribution in [2.45, 2.75) is 4.90 Å². The molecule has 0 spiro atoms. The van der Waals surface area contributed by atoms with E-state index >= 15 is 0 Å². The van der Waals surface area contributed by atoms with Crippen LogP contribution in [0.4, 0.5) is 0 Å². The monoisotopic (exact) mass is 293 g/mol. The lowest BCUT2D eigenvalue weighted by Gasteiger charge is -2.17. The first-order chi connectivity index (χ1) is 9.45. The molecule has 1 aromatic rings. The zero-order valence-corrected chi connectivity index (χ0v) is 11.4. The van der Waals surface area contributed by atoms with E-state index in [4.69, 9.17) is 5.26 Å². The van der Waals surface area contributed by atoms with Crippen molar-refractivity contribution < 1.29 is 17.9 Å². The zero-order chi connectivity index (χ0) is 14.8. The maximum absolute atomic E-state index is 11.9. The third kappa shape index (κ3) is 2.62. The molecule has 0 saturated carbocycles. The van der Waals surface area contributed by atoms with Gasteiger partial charge in [-0.15, -0.1) is 4.40 Å². The lowest BCUT2D eigenvalue weighted by atomic mass is 10.2. The third-order valence-electron chi connectivity index (χ3n) is 2.64. The number of esters is 1. The zero-order valence-electron chi connectivity index (χ0n) is 10.6. The van der Waals surface area contributed by atoms with E-state index in [1.807, 2.05) is 0 Å². The molecule has 20 heavy (non-hydrogen) atoms. The fourth-order valence-corrected chi connectivity index (χ4v) is 3.04. The molecule has 2 rings (SSSR count). The smallest absolute Gasteiger partial charge is 0.326 e. The SMILES string of the molecule is CN(CC(=O)OCC#N)C1=NS(=O)(=O)c2ccccc21. The number of fused-ring (bicyclic) bond motifs is 1. The molecule has 1 aromatic carbocycles. The summed E-state index contributed by atoms with van der Waals surface area (Å²) in [6.45, 7) is -0.529. The molecule has 0 aromatic heterocycles. The number of carbonyl (C=O) groups is 1. The normalized spacial score (nSPS) is 14.9. The summed E-state index contributed by atoms with van der Waals surface area (Å²) < 4.78 is 32.0. The van der Waals surface area contributed by atoms with Crippen LogP contribution in [0.5, 0.6) is 0 Å². The van der Waals surface area contributed by atoms with Crippen molar-refractivity contribution in [3.8, 4) is 6.07 Å². The van der Waals surface area contributed by atoms with E-state index in [0.717, 1.165) is 0 Å². The summed E-state index contributed by atoms with van der Waals surface area (Å²) >= 11 is 0. The molecule has 0 fully saturated rings. The number of hydrogen-bond acceptors (Lipinski definition) is 6. The number of rotatable bonds is 3. The molecule has 0 atom stereocenters. The highest BCUT2D eigenvalue weighted by Gasteiger charge is 2.30. The molecule has 0 aliphatic carbocycles. The van der Waals surface area contributed by atoms with Crippen LogP contribution in [0.2, 0.25) is 0 Å². The van der Waals surface area contributed by atoms with Gasteiger partial charge in [-0.2, -0.15) is 13.7 Å². The van der Waals surface area contributed by atoms with Gasteiger partial charge in [-0.05, 0) is 12.1 Å². The standard InChI is InChI=1S/C12H11N3O4S/c1-15(8-11(16)19-7-6-13)12-9-4-2-3-5-10(9)20(17,18)14-12/h2-5H,7-8H2,1H3. The fraction of sp³-hybridized carbons (Fsp3) is 0.250. The summed E-state index contributed by atoms with van der Waals surface area (Å²) in [7, 11) is -2.18. The highest BCUT2D eigenvalue weighted by molar-refractivity contribution is 7.90. The third-order valence-corrected chi connectivity index (χ3v) is 3.96. The van der Waals surface area contributed by atoms with E-state index in [9.17, 15) is 13.2 Å². The minimum absolute atomic E-state index is 0.118. The Balaban J connectivity index is 2.22. The number of sulfonamides is 1. The molecule has 7 nitrogen and oxygen atoms in total. The Morgan fingerprint density at radius 1 is 1.45 bits per heavy atom. The van der Waals surface area contributed by atoms with Gasteiger partial charge in [0, 0.05) is 12.6 Å². The minimum atomic E-state index is -3.71. The van der Waals surface area contributed by atoms with Crippen molar-refractivity contribution in [3.05, 3.63) is 29.8 Å². The van der Waals surface area contributed by atoms with Crippen LogP contribution >= 0.6 is 0 Å². The van der Waals surface area contributed by atoms with Gasteiger partial charge in [0.15, 0.2) is 12.4 Å². The van der Waals surface area contributed by atoms with Crippen molar-refractivity contribution in [2.24, 2.45) is 4.40 Å². The second-order valence-electron chi connectivity index (χ2n) is 4.06. The van der Waals surface area contributed by atoms with Gasteiger partial charge in [-0.25, -0.2) is 0 Å². The first-order valence-electron chi connectivity index (χ1n) is 5.64. The van der Waals surface area contributed by atoms with Gasteiger partial charge in [-0.3, -0.25) is 4.79 Å². The van der Waals surface area contributed by atoms with Crippen LogP contribution < -0.4 is 0 Å². The maximum Gasteiger partial charge on any atom is 0.326 e. The van der Waals surface area contributed by atoms with Crippen molar-refractivity contribution in [2.75, 3.05) is 20.2 Å². The second-order valence-corrected chi connectivity index (χ2v) is 5.63. The van der Waals surface area contributed by atoms with E-state index in [-0.39, 0.29) is 23.9 Å². The number of benzene rings is 1. The number of hydrogen-bond donors (Lipinski definition) is 0. The predicted octanol–water partition coefficient (Wildman–Crippen LogP) is 0.134. The number of amidine groups is 1. The molecule has 0 radical (unpaired) electrons. The molecule has 104 valence electrons. The molecular weight excluding hydrogens is 282 g/mol. The van der Waals surface area contributed by atoms with Crippen LogP contribution in [-0.2, 0) is 19.6 Å². The summed E-state index contributed by atoms with van der Waals surface area (Å²) in [5.41, 5.74) is 0.447. The molecule has 8 heteroatoms. The van der Waals surface area contributed by atoms with Gasteiger partial charge in [-0.1, -0.05) is 12.1 Å². The van der Waals surface area contributed by atoms with Crippen molar-refractivity contribution in [1.82, 2.24) is 4.90 Å². The lowest BCUT2D eigenvalue weighted by molar-refractivity contribution is -0.142. The molecule has 1 aliphatic heterocycles. The van der Waals surface area contributed by atoms with Gasteiger partial charge in [0.2, 0.25) is 0 Å². The van der Waals surface area contributed by atoms with E-state index in [0.29, 0.717) is 5.56 Å². The number of likely N-dealkylation sites (N-methyl/N-ethyl adjacent to an activating group) is 1. The lowest BCUT2D eigenvalue weighted by Crippen LogP contribution is -2.33. The summed E-state index contributed by atoms with van der Waals surface area (Å²) in [5.74, 6) is -0.437. The van der Waals surface area contributed by atoms with Crippen LogP contribution in [-0.4, -0.2) is 45.3 Å². The van der Waals surface area contributed by atoms with E-state index in [1.54, 1.807) is 24.3 Å². The molecule has 1 aliphatic rings. The largest absolute Gasteiger partial charge is 0.449 e. The Morgan fingerprint density at radius 2 is 2.15 bits per heavy atom. The van der Waals surface area contributed by atoms with Gasteiger partial charge in [0.05, 0.1) is 0 Å². The minimum Gasteiger partial charge on any atom is -0.449 e. The number of nitriles is 1. The topological polar surface area (TPSA) is 99.8 Å². The van der Waals surface area contributed by atoms with E-state index in [1.165, 1.54) is 18.0 Å². The number of ether oxygens (including phenoxy) is 1. The van der Waals surface area contributed by atoms with Crippen LogP contribution in [0, 0.1) is 11.3 Å². The summed E-state index contributed by atoms with van der Waals surface area (Å²) in [5, 5.41) is 8.32. The van der Waals surface area contributed by atoms with Crippen molar-refractivity contribution in [1.29, 1.82) is 5.26 Å². The van der Waals surface area contributed by atoms with Crippen molar-refractivity contribution in [3.63, 3.8) is 0 Å². The quantitative estimate of drug-likeness (QED) is 0.735. The van der Waals surface area contributed by atoms with Gasteiger partial charge in [0.25, 0.3) is 10.0 Å². The second kappa shape index (κ2) is 5.30. The van der Waals surface area contributed by atoms with Gasteiger partial charge >= 0.3 is 5.97 Å². The Bertz CT molecular complexity index is 718. The van der Waals surface area contributed by atoms with Crippen LogP contribution in [0.15, 0.2) is 33.6 Å². The summed E-state index contributed by atoms with van der Waals surface area (Å²) in [4.78, 5) is 12.9. The van der Waals surface area contributed by atoms with Crippen LogP contribution in [0.3, 0.4) is 0 Å². The fourth-order valence-electron chi connectivity index (χ4n) is 1.79. The summed E-state index contributed by atoms with van der Waals surface area (Å²) in [6, 6.07) is 8.06. The van der Waals surface area contributed by atoms with Gasteiger partial charge in [0.1, 0.15) is 17.5 Å². The molecule has 0 bridgehead atoms. The molecule has 0 amide bonds. The Kier molecular flexibility index (Phi) is 3.72. The van der Waals surface area contributed by atoms with Gasteiger partial charge < -0.3 is 9.64 Å². The van der Waals surface area contributed by atoms with E-state index < -0.39 is 16.0 Å². The first-order valence-corrected chi connectivity index (χ1v) is 7.08.